The molecule has 1 aliphatic heterocycles. The number of hydrogen-bond acceptors (Lipinski definition) is 5. The normalized spacial score (nSPS) is 21.2. The Labute approximate surface area is 138 Å². The summed E-state index contributed by atoms with van der Waals surface area (Å²) in [6.45, 7) is 3.12. The third-order valence-corrected chi connectivity index (χ3v) is 4.18. The summed E-state index contributed by atoms with van der Waals surface area (Å²) >= 11 is 6.25. The largest absolute Gasteiger partial charge is 0.476 e. The van der Waals surface area contributed by atoms with Crippen molar-refractivity contribution in [2.75, 3.05) is 18.1 Å². The number of carboxylic acid groups (broad SMARTS) is 1. The van der Waals surface area contributed by atoms with Crippen LogP contribution in [0.4, 0.5) is 5.82 Å². The van der Waals surface area contributed by atoms with Gasteiger partial charge in [0.15, 0.2) is 5.69 Å². The Balaban J connectivity index is 1.83. The predicted octanol–water partition coefficient (Wildman–Crippen LogP) is 2.79. The van der Waals surface area contributed by atoms with Crippen LogP contribution in [-0.4, -0.2) is 40.2 Å². The lowest BCUT2D eigenvalue weighted by atomic mass is 10.1. The Kier molecular flexibility index (Phi) is 4.45. The number of benzene rings is 1. The van der Waals surface area contributed by atoms with E-state index in [9.17, 15) is 4.79 Å². The maximum atomic E-state index is 10.9. The highest BCUT2D eigenvalue weighted by atomic mass is 35.5. The van der Waals surface area contributed by atoms with E-state index < -0.39 is 5.97 Å². The highest BCUT2D eigenvalue weighted by Gasteiger charge is 2.29. The molecule has 3 rings (SSSR count). The SMILES string of the molecule is CC1COC(c2ccccc2Cl)CN1c1cnc(C(=O)O)cn1. The van der Waals surface area contributed by atoms with Crippen LogP contribution in [-0.2, 0) is 4.74 Å². The standard InChI is InChI=1S/C16H16ClN3O3/c1-10-9-23-14(11-4-2-3-5-12(11)17)8-20(10)15-7-18-13(6-19-15)16(21)22/h2-7,10,14H,8-9H2,1H3,(H,21,22). The molecule has 0 saturated carbocycles. The third-order valence-electron chi connectivity index (χ3n) is 3.84. The fourth-order valence-corrected chi connectivity index (χ4v) is 2.84. The third kappa shape index (κ3) is 3.28. The number of carboxylic acids is 1. The Morgan fingerprint density at radius 2 is 2.13 bits per heavy atom. The summed E-state index contributed by atoms with van der Waals surface area (Å²) in [6.07, 6.45) is 2.58. The number of morpholine rings is 1. The van der Waals surface area contributed by atoms with E-state index in [4.69, 9.17) is 21.4 Å². The number of nitrogens with zero attached hydrogens (tertiary/aromatic N) is 3. The van der Waals surface area contributed by atoms with Gasteiger partial charge in [-0.05, 0) is 13.0 Å². The molecule has 6 nitrogen and oxygen atoms in total. The maximum absolute atomic E-state index is 10.9. The molecule has 0 bridgehead atoms. The van der Waals surface area contributed by atoms with Gasteiger partial charge >= 0.3 is 5.97 Å². The van der Waals surface area contributed by atoms with Gasteiger partial charge in [0.2, 0.25) is 0 Å². The van der Waals surface area contributed by atoms with Crippen molar-refractivity contribution in [3.63, 3.8) is 0 Å². The molecule has 1 saturated heterocycles. The Hall–Kier alpha value is -2.18. The lowest BCUT2D eigenvalue weighted by Gasteiger charge is -2.39. The molecule has 7 heteroatoms. The topological polar surface area (TPSA) is 75.5 Å². The van der Waals surface area contributed by atoms with Crippen LogP contribution >= 0.6 is 11.6 Å². The van der Waals surface area contributed by atoms with Gasteiger partial charge in [-0.25, -0.2) is 14.8 Å². The molecule has 1 N–H and O–H groups in total. The van der Waals surface area contributed by atoms with E-state index in [0.29, 0.717) is 24.0 Å². The minimum Gasteiger partial charge on any atom is -0.476 e. The zero-order chi connectivity index (χ0) is 16.4. The summed E-state index contributed by atoms with van der Waals surface area (Å²) in [5, 5.41) is 9.57. The van der Waals surface area contributed by atoms with Gasteiger partial charge in [0.25, 0.3) is 0 Å². The van der Waals surface area contributed by atoms with Crippen LogP contribution in [0.15, 0.2) is 36.7 Å². The second-order valence-electron chi connectivity index (χ2n) is 5.41. The van der Waals surface area contributed by atoms with Gasteiger partial charge in [-0.2, -0.15) is 0 Å². The highest BCUT2D eigenvalue weighted by Crippen LogP contribution is 2.31. The second kappa shape index (κ2) is 6.52. The van der Waals surface area contributed by atoms with E-state index >= 15 is 0 Å². The first-order valence-electron chi connectivity index (χ1n) is 7.24. The lowest BCUT2D eigenvalue weighted by Crippen LogP contribution is -2.45. The van der Waals surface area contributed by atoms with Crippen molar-refractivity contribution in [2.24, 2.45) is 0 Å². The molecule has 1 aromatic carbocycles. The molecule has 2 atom stereocenters. The number of halogens is 1. The van der Waals surface area contributed by atoms with Crippen LogP contribution in [0.5, 0.6) is 0 Å². The summed E-state index contributed by atoms with van der Waals surface area (Å²) in [6, 6.07) is 7.70. The first kappa shape index (κ1) is 15.7. The van der Waals surface area contributed by atoms with Gasteiger partial charge in [-0.15, -0.1) is 0 Å². The van der Waals surface area contributed by atoms with Crippen molar-refractivity contribution in [3.05, 3.63) is 52.9 Å². The average Bonchev–Trinajstić information content (AvgIpc) is 2.56. The summed E-state index contributed by atoms with van der Waals surface area (Å²) in [5.41, 5.74) is 0.860. The van der Waals surface area contributed by atoms with Gasteiger partial charge in [0, 0.05) is 10.6 Å². The van der Waals surface area contributed by atoms with Gasteiger partial charge in [0.05, 0.1) is 31.6 Å². The van der Waals surface area contributed by atoms with E-state index in [1.54, 1.807) is 0 Å². The molecule has 0 spiro atoms. The molecule has 0 radical (unpaired) electrons. The van der Waals surface area contributed by atoms with Crippen LogP contribution in [0, 0.1) is 0 Å². The monoisotopic (exact) mass is 333 g/mol. The minimum absolute atomic E-state index is 0.0719. The van der Waals surface area contributed by atoms with E-state index in [0.717, 1.165) is 5.56 Å². The van der Waals surface area contributed by atoms with Crippen molar-refractivity contribution in [3.8, 4) is 0 Å². The summed E-state index contributed by atoms with van der Waals surface area (Å²) in [7, 11) is 0. The van der Waals surface area contributed by atoms with E-state index in [1.807, 2.05) is 31.2 Å². The fourth-order valence-electron chi connectivity index (χ4n) is 2.58. The van der Waals surface area contributed by atoms with Crippen LogP contribution in [0.2, 0.25) is 5.02 Å². The quantitative estimate of drug-likeness (QED) is 0.930. The second-order valence-corrected chi connectivity index (χ2v) is 5.82. The Morgan fingerprint density at radius 1 is 1.35 bits per heavy atom. The number of anilines is 1. The molecule has 0 aliphatic carbocycles. The summed E-state index contributed by atoms with van der Waals surface area (Å²) in [4.78, 5) is 21.1. The number of carbonyl (C=O) groups is 1. The first-order chi connectivity index (χ1) is 11.1. The fraction of sp³-hybridized carbons (Fsp3) is 0.312. The van der Waals surface area contributed by atoms with Crippen molar-refractivity contribution in [1.82, 2.24) is 9.97 Å². The molecule has 1 aromatic heterocycles. The molecule has 1 fully saturated rings. The number of aromatic carboxylic acids is 1. The Morgan fingerprint density at radius 3 is 2.78 bits per heavy atom. The van der Waals surface area contributed by atoms with Crippen molar-refractivity contribution >= 4 is 23.4 Å². The van der Waals surface area contributed by atoms with Gasteiger partial charge in [0.1, 0.15) is 11.9 Å². The van der Waals surface area contributed by atoms with E-state index in [2.05, 4.69) is 14.9 Å². The molecular formula is C16H16ClN3O3. The molecule has 2 heterocycles. The van der Waals surface area contributed by atoms with Crippen molar-refractivity contribution < 1.29 is 14.6 Å². The van der Waals surface area contributed by atoms with Gasteiger partial charge < -0.3 is 14.7 Å². The average molecular weight is 334 g/mol. The molecule has 120 valence electrons. The first-order valence-corrected chi connectivity index (χ1v) is 7.62. The summed E-state index contributed by atoms with van der Waals surface area (Å²) < 4.78 is 5.90. The zero-order valence-corrected chi connectivity index (χ0v) is 13.3. The highest BCUT2D eigenvalue weighted by molar-refractivity contribution is 6.31. The van der Waals surface area contributed by atoms with Crippen molar-refractivity contribution in [1.29, 1.82) is 0 Å². The van der Waals surface area contributed by atoms with Crippen molar-refractivity contribution in [2.45, 2.75) is 19.1 Å². The predicted molar refractivity (Wildman–Crippen MR) is 85.9 cm³/mol. The maximum Gasteiger partial charge on any atom is 0.356 e. The molecule has 23 heavy (non-hydrogen) atoms. The minimum atomic E-state index is -1.09. The number of hydrogen-bond donors (Lipinski definition) is 1. The zero-order valence-electron chi connectivity index (χ0n) is 12.5. The molecule has 1 aliphatic rings. The van der Waals surface area contributed by atoms with E-state index in [-0.39, 0.29) is 17.8 Å². The number of rotatable bonds is 3. The van der Waals surface area contributed by atoms with Crippen LogP contribution in [0.25, 0.3) is 0 Å². The lowest BCUT2D eigenvalue weighted by molar-refractivity contribution is 0.0212. The number of aromatic nitrogens is 2. The molecule has 2 aromatic rings. The molecular weight excluding hydrogens is 318 g/mol. The molecule has 2 unspecified atom stereocenters. The van der Waals surface area contributed by atoms with E-state index in [1.165, 1.54) is 12.4 Å². The Bertz CT molecular complexity index is 708. The van der Waals surface area contributed by atoms with Crippen LogP contribution < -0.4 is 4.90 Å². The van der Waals surface area contributed by atoms with Crippen LogP contribution in [0.1, 0.15) is 29.1 Å². The summed E-state index contributed by atoms with van der Waals surface area (Å²) in [5.74, 6) is -0.462. The van der Waals surface area contributed by atoms with Gasteiger partial charge in [-0.1, -0.05) is 29.8 Å². The number of ether oxygens (including phenoxy) is 1. The molecule has 0 amide bonds. The smallest absolute Gasteiger partial charge is 0.356 e. The van der Waals surface area contributed by atoms with Gasteiger partial charge in [-0.3, -0.25) is 0 Å². The van der Waals surface area contributed by atoms with Crippen LogP contribution in [0.3, 0.4) is 0 Å².